The Labute approximate surface area is 134 Å². The molecule has 2 rings (SSSR count). The van der Waals surface area contributed by atoms with Crippen molar-refractivity contribution < 1.29 is 13.2 Å². The minimum absolute atomic E-state index is 0.0815. The molecule has 1 aromatic rings. The van der Waals surface area contributed by atoms with E-state index in [1.807, 2.05) is 0 Å². The maximum absolute atomic E-state index is 12.5. The highest BCUT2D eigenvalue weighted by Gasteiger charge is 2.42. The van der Waals surface area contributed by atoms with Gasteiger partial charge in [0.2, 0.25) is 10.0 Å². The molecule has 3 N–H and O–H groups in total. The molecule has 0 heterocycles. The molecule has 0 atom stereocenters. The van der Waals surface area contributed by atoms with Crippen molar-refractivity contribution in [1.82, 2.24) is 4.72 Å². The zero-order chi connectivity index (χ0) is 15.7. The number of hydrogen-bond acceptors (Lipinski definition) is 4. The van der Waals surface area contributed by atoms with E-state index in [1.165, 1.54) is 13.2 Å². The number of halogens is 1. The second-order valence-electron chi connectivity index (χ2n) is 5.60. The highest BCUT2D eigenvalue weighted by atomic mass is 79.9. The van der Waals surface area contributed by atoms with Crippen LogP contribution < -0.4 is 15.2 Å². The summed E-state index contributed by atoms with van der Waals surface area (Å²) >= 11 is 3.27. The number of nitrogens with one attached hydrogen (secondary N) is 1. The standard InChI is InChI=1S/C14H21BrN2O3S/c1-3-4-14(5-6-14)9-17-21(18,19)13-8-11(16)10(15)7-12(13)20-2/h7-8,17H,3-6,9,16H2,1-2H3. The predicted octanol–water partition coefficient (Wildman–Crippen LogP) is 2.90. The minimum atomic E-state index is -3.63. The molecule has 0 aliphatic heterocycles. The molecule has 1 aliphatic rings. The fourth-order valence-electron chi connectivity index (χ4n) is 2.47. The van der Waals surface area contributed by atoms with Gasteiger partial charge in [0.1, 0.15) is 10.6 Å². The second-order valence-corrected chi connectivity index (χ2v) is 8.19. The Morgan fingerprint density at radius 1 is 1.43 bits per heavy atom. The third-order valence-corrected chi connectivity index (χ3v) is 6.06. The van der Waals surface area contributed by atoms with Crippen LogP contribution in [0.3, 0.4) is 0 Å². The smallest absolute Gasteiger partial charge is 0.244 e. The molecule has 1 saturated carbocycles. The van der Waals surface area contributed by atoms with Gasteiger partial charge in [-0.3, -0.25) is 0 Å². The van der Waals surface area contributed by atoms with Crippen molar-refractivity contribution in [2.75, 3.05) is 19.4 Å². The first-order chi connectivity index (χ1) is 9.83. The molecular formula is C14H21BrN2O3S. The second kappa shape index (κ2) is 6.14. The molecule has 0 saturated heterocycles. The number of nitrogens with two attached hydrogens (primary N) is 1. The van der Waals surface area contributed by atoms with Crippen molar-refractivity contribution in [2.24, 2.45) is 5.41 Å². The van der Waals surface area contributed by atoms with Crippen LogP contribution in [-0.2, 0) is 10.0 Å². The molecule has 7 heteroatoms. The number of ether oxygens (including phenoxy) is 1. The Morgan fingerprint density at radius 2 is 2.10 bits per heavy atom. The van der Waals surface area contributed by atoms with Crippen LogP contribution >= 0.6 is 15.9 Å². The SMILES string of the molecule is CCCC1(CNS(=O)(=O)c2cc(N)c(Br)cc2OC)CC1. The zero-order valence-electron chi connectivity index (χ0n) is 12.3. The van der Waals surface area contributed by atoms with Crippen LogP contribution in [0.15, 0.2) is 21.5 Å². The van der Waals surface area contributed by atoms with E-state index in [0.29, 0.717) is 16.7 Å². The van der Waals surface area contributed by atoms with Crippen molar-refractivity contribution in [1.29, 1.82) is 0 Å². The lowest BCUT2D eigenvalue weighted by Gasteiger charge is -2.17. The monoisotopic (exact) mass is 376 g/mol. The highest BCUT2D eigenvalue weighted by Crippen LogP contribution is 2.49. The number of anilines is 1. The average Bonchev–Trinajstić information content (AvgIpc) is 3.20. The van der Waals surface area contributed by atoms with Crippen LogP contribution in [0.1, 0.15) is 32.6 Å². The first kappa shape index (κ1) is 16.6. The van der Waals surface area contributed by atoms with Gasteiger partial charge in [-0.05, 0) is 52.7 Å². The Morgan fingerprint density at radius 3 is 2.62 bits per heavy atom. The van der Waals surface area contributed by atoms with E-state index in [-0.39, 0.29) is 16.1 Å². The maximum atomic E-state index is 12.5. The molecule has 21 heavy (non-hydrogen) atoms. The number of methoxy groups -OCH3 is 1. The summed E-state index contributed by atoms with van der Waals surface area (Å²) < 4.78 is 33.5. The molecule has 0 amide bonds. The summed E-state index contributed by atoms with van der Waals surface area (Å²) in [7, 11) is -2.19. The van der Waals surface area contributed by atoms with Crippen molar-refractivity contribution in [2.45, 2.75) is 37.5 Å². The van der Waals surface area contributed by atoms with Crippen LogP contribution in [0.5, 0.6) is 5.75 Å². The summed E-state index contributed by atoms with van der Waals surface area (Å²) in [6.07, 6.45) is 4.29. The van der Waals surface area contributed by atoms with Crippen molar-refractivity contribution >= 4 is 31.6 Å². The highest BCUT2D eigenvalue weighted by molar-refractivity contribution is 9.10. The van der Waals surface area contributed by atoms with Gasteiger partial charge in [-0.1, -0.05) is 13.3 Å². The Kier molecular flexibility index (Phi) is 4.85. The summed E-state index contributed by atoms with van der Waals surface area (Å²) in [4.78, 5) is 0.0815. The van der Waals surface area contributed by atoms with Gasteiger partial charge in [0.15, 0.2) is 0 Å². The summed E-state index contributed by atoms with van der Waals surface area (Å²) in [5.74, 6) is 0.281. The van der Waals surface area contributed by atoms with Gasteiger partial charge in [-0.2, -0.15) is 0 Å². The Hall–Kier alpha value is -0.790. The fourth-order valence-corrected chi connectivity index (χ4v) is 4.13. The van der Waals surface area contributed by atoms with E-state index >= 15 is 0 Å². The maximum Gasteiger partial charge on any atom is 0.244 e. The van der Waals surface area contributed by atoms with E-state index in [1.54, 1.807) is 6.07 Å². The summed E-state index contributed by atoms with van der Waals surface area (Å²) in [6, 6.07) is 2.99. The Balaban J connectivity index is 2.21. The normalized spacial score (nSPS) is 16.7. The minimum Gasteiger partial charge on any atom is -0.495 e. The van der Waals surface area contributed by atoms with Gasteiger partial charge in [-0.25, -0.2) is 13.1 Å². The van der Waals surface area contributed by atoms with E-state index in [4.69, 9.17) is 10.5 Å². The first-order valence-corrected chi connectivity index (χ1v) is 9.24. The molecular weight excluding hydrogens is 356 g/mol. The van der Waals surface area contributed by atoms with Gasteiger partial charge < -0.3 is 10.5 Å². The van der Waals surface area contributed by atoms with E-state index in [0.717, 1.165) is 25.7 Å². The molecule has 0 bridgehead atoms. The van der Waals surface area contributed by atoms with Gasteiger partial charge in [0.25, 0.3) is 0 Å². The quantitative estimate of drug-likeness (QED) is 0.716. The molecule has 1 aromatic carbocycles. The Bertz CT molecular complexity index is 627. The zero-order valence-corrected chi connectivity index (χ0v) is 14.7. The van der Waals surface area contributed by atoms with E-state index in [2.05, 4.69) is 27.6 Å². The number of benzene rings is 1. The van der Waals surface area contributed by atoms with Crippen LogP contribution in [-0.4, -0.2) is 22.1 Å². The van der Waals surface area contributed by atoms with E-state index < -0.39 is 10.0 Å². The molecule has 1 fully saturated rings. The number of nitrogen functional groups attached to an aromatic ring is 1. The van der Waals surface area contributed by atoms with E-state index in [9.17, 15) is 8.42 Å². The third-order valence-electron chi connectivity index (χ3n) is 3.95. The lowest BCUT2D eigenvalue weighted by Crippen LogP contribution is -2.30. The predicted molar refractivity (Wildman–Crippen MR) is 86.9 cm³/mol. The molecule has 0 aromatic heterocycles. The lowest BCUT2D eigenvalue weighted by atomic mass is 10.0. The van der Waals surface area contributed by atoms with Crippen LogP contribution in [0.4, 0.5) is 5.69 Å². The van der Waals surface area contributed by atoms with Gasteiger partial charge in [0.05, 0.1) is 7.11 Å². The largest absolute Gasteiger partial charge is 0.495 e. The van der Waals surface area contributed by atoms with Crippen LogP contribution in [0.25, 0.3) is 0 Å². The average molecular weight is 377 g/mol. The third kappa shape index (κ3) is 3.70. The lowest BCUT2D eigenvalue weighted by molar-refractivity contribution is 0.401. The molecule has 118 valence electrons. The molecule has 0 unspecified atom stereocenters. The number of hydrogen-bond donors (Lipinski definition) is 2. The number of rotatable bonds is 7. The molecule has 1 aliphatic carbocycles. The van der Waals surface area contributed by atoms with Crippen LogP contribution in [0, 0.1) is 5.41 Å². The summed E-state index contributed by atoms with van der Waals surface area (Å²) in [6.45, 7) is 2.59. The fraction of sp³-hybridized carbons (Fsp3) is 0.571. The first-order valence-electron chi connectivity index (χ1n) is 6.96. The van der Waals surface area contributed by atoms with Crippen molar-refractivity contribution in [3.63, 3.8) is 0 Å². The van der Waals surface area contributed by atoms with Crippen molar-refractivity contribution in [3.8, 4) is 5.75 Å². The summed E-state index contributed by atoms with van der Waals surface area (Å²) in [5.41, 5.74) is 6.30. The topological polar surface area (TPSA) is 81.4 Å². The van der Waals surface area contributed by atoms with Gasteiger partial charge >= 0.3 is 0 Å². The summed E-state index contributed by atoms with van der Waals surface area (Å²) in [5, 5.41) is 0. The van der Waals surface area contributed by atoms with Crippen LogP contribution in [0.2, 0.25) is 0 Å². The van der Waals surface area contributed by atoms with Gasteiger partial charge in [0, 0.05) is 16.7 Å². The molecule has 5 nitrogen and oxygen atoms in total. The number of sulfonamides is 1. The molecule has 0 spiro atoms. The van der Waals surface area contributed by atoms with Gasteiger partial charge in [-0.15, -0.1) is 0 Å². The molecule has 0 radical (unpaired) electrons. The van der Waals surface area contributed by atoms with Crippen molar-refractivity contribution in [3.05, 3.63) is 16.6 Å².